The van der Waals surface area contributed by atoms with Gasteiger partial charge in [-0.2, -0.15) is 4.31 Å². The minimum absolute atomic E-state index is 0.0850. The Bertz CT molecular complexity index is 517. The summed E-state index contributed by atoms with van der Waals surface area (Å²) in [6.07, 6.45) is 3.02. The maximum absolute atomic E-state index is 12.5. The van der Waals surface area contributed by atoms with E-state index in [1.165, 1.54) is 10.5 Å². The third-order valence-electron chi connectivity index (χ3n) is 2.70. The maximum atomic E-state index is 12.5. The van der Waals surface area contributed by atoms with Crippen molar-refractivity contribution in [1.82, 2.24) is 9.29 Å². The van der Waals surface area contributed by atoms with E-state index in [2.05, 4.69) is 10.3 Å². The Labute approximate surface area is 121 Å². The summed E-state index contributed by atoms with van der Waals surface area (Å²) in [7, 11) is -2.02. The largest absolute Gasteiger partial charge is 0.384 e. The molecule has 0 aliphatic carbocycles. The molecule has 0 fully saturated rings. The monoisotopic (exact) mass is 301 g/mol. The SMILES string of the molecule is CCNc1ccncc1S(=O)(=O)N(C)CCOC(C)C. The zero-order valence-electron chi connectivity index (χ0n) is 12.5. The summed E-state index contributed by atoms with van der Waals surface area (Å²) in [4.78, 5) is 4.10. The zero-order valence-corrected chi connectivity index (χ0v) is 13.3. The second kappa shape index (κ2) is 7.56. The molecule has 114 valence electrons. The molecule has 20 heavy (non-hydrogen) atoms. The topological polar surface area (TPSA) is 71.5 Å². The molecule has 6 nitrogen and oxygen atoms in total. The molecular formula is C13H23N3O3S. The minimum Gasteiger partial charge on any atom is -0.384 e. The molecule has 1 heterocycles. The summed E-state index contributed by atoms with van der Waals surface area (Å²) in [5, 5.41) is 3.03. The van der Waals surface area contributed by atoms with Crippen LogP contribution >= 0.6 is 0 Å². The Hall–Kier alpha value is -1.18. The minimum atomic E-state index is -3.56. The molecule has 1 N–H and O–H groups in total. The Kier molecular flexibility index (Phi) is 6.38. The van der Waals surface area contributed by atoms with Gasteiger partial charge >= 0.3 is 0 Å². The number of sulfonamides is 1. The van der Waals surface area contributed by atoms with E-state index in [0.29, 0.717) is 25.4 Å². The van der Waals surface area contributed by atoms with Gasteiger partial charge in [0, 0.05) is 32.5 Å². The number of nitrogens with zero attached hydrogens (tertiary/aromatic N) is 2. The van der Waals surface area contributed by atoms with Crippen molar-refractivity contribution in [2.75, 3.05) is 32.1 Å². The van der Waals surface area contributed by atoms with Crippen LogP contribution in [0.25, 0.3) is 0 Å². The molecule has 1 rings (SSSR count). The first-order chi connectivity index (χ1) is 9.39. The van der Waals surface area contributed by atoms with Gasteiger partial charge in [-0.15, -0.1) is 0 Å². The molecule has 0 amide bonds. The van der Waals surface area contributed by atoms with Crippen molar-refractivity contribution in [3.63, 3.8) is 0 Å². The van der Waals surface area contributed by atoms with E-state index in [9.17, 15) is 8.42 Å². The zero-order chi connectivity index (χ0) is 15.2. The summed E-state index contributed by atoms with van der Waals surface area (Å²) < 4.78 is 31.7. The van der Waals surface area contributed by atoms with Gasteiger partial charge in [0.25, 0.3) is 0 Å². The number of aromatic nitrogens is 1. The predicted molar refractivity (Wildman–Crippen MR) is 79.3 cm³/mol. The maximum Gasteiger partial charge on any atom is 0.246 e. The number of ether oxygens (including phenoxy) is 1. The van der Waals surface area contributed by atoms with Gasteiger partial charge < -0.3 is 10.1 Å². The predicted octanol–water partition coefficient (Wildman–Crippen LogP) is 1.56. The van der Waals surface area contributed by atoms with Crippen molar-refractivity contribution in [1.29, 1.82) is 0 Å². The van der Waals surface area contributed by atoms with Crippen LogP contribution in [0.1, 0.15) is 20.8 Å². The molecule has 1 aromatic heterocycles. The van der Waals surface area contributed by atoms with Crippen molar-refractivity contribution < 1.29 is 13.2 Å². The van der Waals surface area contributed by atoms with Crippen LogP contribution in [0.4, 0.5) is 5.69 Å². The second-order valence-electron chi connectivity index (χ2n) is 4.65. The van der Waals surface area contributed by atoms with Gasteiger partial charge in [-0.1, -0.05) is 0 Å². The van der Waals surface area contributed by atoms with Crippen LogP contribution in [0, 0.1) is 0 Å². The molecule has 0 aromatic carbocycles. The molecule has 0 unspecified atom stereocenters. The van der Waals surface area contributed by atoms with E-state index in [-0.39, 0.29) is 11.0 Å². The normalized spacial score (nSPS) is 12.1. The molecular weight excluding hydrogens is 278 g/mol. The van der Waals surface area contributed by atoms with Gasteiger partial charge in [0.1, 0.15) is 4.90 Å². The van der Waals surface area contributed by atoms with E-state index >= 15 is 0 Å². The smallest absolute Gasteiger partial charge is 0.246 e. The Balaban J connectivity index is 2.87. The highest BCUT2D eigenvalue weighted by atomic mass is 32.2. The summed E-state index contributed by atoms with van der Waals surface area (Å²) in [5.41, 5.74) is 0.569. The van der Waals surface area contributed by atoms with Crippen molar-refractivity contribution >= 4 is 15.7 Å². The fourth-order valence-corrected chi connectivity index (χ4v) is 2.89. The molecule has 0 aliphatic heterocycles. The van der Waals surface area contributed by atoms with E-state index in [1.54, 1.807) is 19.3 Å². The van der Waals surface area contributed by atoms with Gasteiger partial charge in [0.05, 0.1) is 18.4 Å². The molecule has 0 saturated heterocycles. The first-order valence-electron chi connectivity index (χ1n) is 6.65. The third-order valence-corrected chi connectivity index (χ3v) is 4.58. The second-order valence-corrected chi connectivity index (χ2v) is 6.66. The molecule has 1 aromatic rings. The number of likely N-dealkylation sites (N-methyl/N-ethyl adjacent to an activating group) is 1. The standard InChI is InChI=1S/C13H23N3O3S/c1-5-15-12-6-7-14-10-13(12)20(17,18)16(4)8-9-19-11(2)3/h6-7,10-11H,5,8-9H2,1-4H3,(H,14,15). The first-order valence-corrected chi connectivity index (χ1v) is 8.09. The Morgan fingerprint density at radius 2 is 2.15 bits per heavy atom. The lowest BCUT2D eigenvalue weighted by Gasteiger charge is -2.19. The average molecular weight is 301 g/mol. The fraction of sp³-hybridized carbons (Fsp3) is 0.615. The number of anilines is 1. The van der Waals surface area contributed by atoms with Gasteiger partial charge in [-0.25, -0.2) is 8.42 Å². The molecule has 0 radical (unpaired) electrons. The summed E-state index contributed by atoms with van der Waals surface area (Å²) in [6, 6.07) is 1.66. The van der Waals surface area contributed by atoms with Gasteiger partial charge in [0.15, 0.2) is 0 Å². The lowest BCUT2D eigenvalue weighted by molar-refractivity contribution is 0.0737. The molecule has 0 atom stereocenters. The van der Waals surface area contributed by atoms with Crippen LogP contribution in [0.2, 0.25) is 0 Å². The lowest BCUT2D eigenvalue weighted by atomic mass is 10.4. The first kappa shape index (κ1) is 16.9. The Morgan fingerprint density at radius 1 is 1.45 bits per heavy atom. The van der Waals surface area contributed by atoms with E-state index < -0.39 is 10.0 Å². The van der Waals surface area contributed by atoms with Crippen LogP contribution in [0.3, 0.4) is 0 Å². The van der Waals surface area contributed by atoms with E-state index in [1.807, 2.05) is 20.8 Å². The molecule has 0 bridgehead atoms. The number of rotatable bonds is 8. The molecule has 0 aliphatic rings. The van der Waals surface area contributed by atoms with Crippen LogP contribution < -0.4 is 5.32 Å². The van der Waals surface area contributed by atoms with Crippen LogP contribution in [0.15, 0.2) is 23.4 Å². The molecule has 7 heteroatoms. The number of hydrogen-bond acceptors (Lipinski definition) is 5. The van der Waals surface area contributed by atoms with Gasteiger partial charge in [-0.3, -0.25) is 4.98 Å². The van der Waals surface area contributed by atoms with Crippen LogP contribution in [0.5, 0.6) is 0 Å². The van der Waals surface area contributed by atoms with Crippen LogP contribution in [-0.4, -0.2) is 50.6 Å². The van der Waals surface area contributed by atoms with Crippen molar-refractivity contribution in [3.05, 3.63) is 18.5 Å². The summed E-state index contributed by atoms with van der Waals surface area (Å²) >= 11 is 0. The highest BCUT2D eigenvalue weighted by Gasteiger charge is 2.24. The third kappa shape index (κ3) is 4.43. The van der Waals surface area contributed by atoms with Gasteiger partial charge in [-0.05, 0) is 26.8 Å². The van der Waals surface area contributed by atoms with E-state index in [4.69, 9.17) is 4.74 Å². The Morgan fingerprint density at radius 3 is 2.75 bits per heavy atom. The van der Waals surface area contributed by atoms with Crippen molar-refractivity contribution in [2.45, 2.75) is 31.8 Å². The van der Waals surface area contributed by atoms with Gasteiger partial charge in [0.2, 0.25) is 10.0 Å². The fourth-order valence-electron chi connectivity index (χ4n) is 1.63. The number of hydrogen-bond donors (Lipinski definition) is 1. The summed E-state index contributed by atoms with van der Waals surface area (Å²) in [6.45, 7) is 7.06. The highest BCUT2D eigenvalue weighted by Crippen LogP contribution is 2.22. The quantitative estimate of drug-likeness (QED) is 0.789. The van der Waals surface area contributed by atoms with Crippen molar-refractivity contribution in [3.8, 4) is 0 Å². The van der Waals surface area contributed by atoms with Crippen molar-refractivity contribution in [2.24, 2.45) is 0 Å². The summed E-state index contributed by atoms with van der Waals surface area (Å²) in [5.74, 6) is 0. The molecule has 0 saturated carbocycles. The lowest BCUT2D eigenvalue weighted by Crippen LogP contribution is -2.31. The number of nitrogens with one attached hydrogen (secondary N) is 1. The molecule has 0 spiro atoms. The van der Waals surface area contributed by atoms with E-state index in [0.717, 1.165) is 0 Å². The van der Waals surface area contributed by atoms with Crippen LogP contribution in [-0.2, 0) is 14.8 Å². The highest BCUT2D eigenvalue weighted by molar-refractivity contribution is 7.89. The average Bonchev–Trinajstić information content (AvgIpc) is 2.39. The number of pyridine rings is 1.